The fraction of sp³-hybridized carbons (Fsp3) is 0.478. The van der Waals surface area contributed by atoms with E-state index in [2.05, 4.69) is 57.0 Å². The Morgan fingerprint density at radius 1 is 0.873 bits per heavy atom. The van der Waals surface area contributed by atoms with Crippen LogP contribution in [0.25, 0.3) is 44.2 Å². The van der Waals surface area contributed by atoms with E-state index in [9.17, 15) is 19.2 Å². The molecule has 3 aromatic carbocycles. The monoisotopic (exact) mass is 864 g/mol. The van der Waals surface area contributed by atoms with Crippen LogP contribution in [0.15, 0.2) is 48.7 Å². The number of aromatic nitrogens is 4. The van der Waals surface area contributed by atoms with E-state index in [0.717, 1.165) is 68.3 Å². The Hall–Kier alpha value is -6.20. The largest absolute Gasteiger partial charge is 0.488 e. The molecule has 0 radical (unpaired) electrons. The van der Waals surface area contributed by atoms with Crippen LogP contribution in [0.2, 0.25) is 0 Å². The van der Waals surface area contributed by atoms with E-state index < -0.39 is 30.4 Å². The molecule has 0 saturated carbocycles. The maximum atomic E-state index is 14.0. The van der Waals surface area contributed by atoms with Crippen LogP contribution in [0.5, 0.6) is 5.75 Å². The van der Waals surface area contributed by atoms with Crippen LogP contribution < -0.4 is 15.4 Å². The first kappa shape index (κ1) is 43.4. The van der Waals surface area contributed by atoms with Crippen LogP contribution in [-0.2, 0) is 35.1 Å². The lowest BCUT2D eigenvalue weighted by Crippen LogP contribution is -2.54. The number of imidazole rings is 2. The quantitative estimate of drug-likeness (QED) is 0.108. The van der Waals surface area contributed by atoms with Crippen LogP contribution >= 0.6 is 0 Å². The zero-order valence-corrected chi connectivity index (χ0v) is 36.9. The van der Waals surface area contributed by atoms with Crippen molar-refractivity contribution in [3.05, 3.63) is 65.9 Å². The van der Waals surface area contributed by atoms with Crippen molar-refractivity contribution in [1.82, 2.24) is 40.4 Å². The third-order valence-corrected chi connectivity index (χ3v) is 12.9. The number of rotatable bonds is 12. The lowest BCUT2D eigenvalue weighted by Gasteiger charge is -2.32. The number of nitrogens with one attached hydrogen (secondary N) is 4. The minimum atomic E-state index is -0.963. The van der Waals surface area contributed by atoms with E-state index >= 15 is 0 Å². The fourth-order valence-electron chi connectivity index (χ4n) is 9.44. The molecule has 63 heavy (non-hydrogen) atoms. The van der Waals surface area contributed by atoms with Gasteiger partial charge in [-0.3, -0.25) is 9.59 Å². The third kappa shape index (κ3) is 8.26. The highest BCUT2D eigenvalue weighted by molar-refractivity contribution is 6.07. The number of ether oxygens (including phenoxy) is 5. The smallest absolute Gasteiger partial charge is 0.407 e. The molecule has 334 valence electrons. The maximum Gasteiger partial charge on any atom is 0.407 e. The van der Waals surface area contributed by atoms with Gasteiger partial charge >= 0.3 is 12.2 Å². The van der Waals surface area contributed by atoms with Gasteiger partial charge in [-0.2, -0.15) is 0 Å². The molecule has 2 aromatic heterocycles. The van der Waals surface area contributed by atoms with Gasteiger partial charge in [0.2, 0.25) is 11.8 Å². The minimum Gasteiger partial charge on any atom is -0.488 e. The number of H-pyrrole nitrogens is 2. The van der Waals surface area contributed by atoms with Gasteiger partial charge in [0.15, 0.2) is 0 Å². The number of amides is 4. The van der Waals surface area contributed by atoms with Crippen molar-refractivity contribution in [3.8, 4) is 28.1 Å². The average Bonchev–Trinajstić information content (AvgIpc) is 4.11. The SMILES string of the molecule is COC[C@H]1CC(c2ncc(-c3ccc4c(c3)COc3cc5c(ccc6nc([C@@H]7CC[C@H](C)N7C(=O)[C@@H](NC(=O)OC)C(C)C)[nH]c65)cc3-4)[nH]2)N(C(=O)C(NC(=O)OC)C(C)OC)C1. The third-order valence-electron chi connectivity index (χ3n) is 12.9. The standard InChI is InChI=1S/C46H56N8O9/c1-23(2)38(51-45(57)61-7)44(56)54-24(3)9-14-35(54)42-48-33-13-11-27-17-32-30-12-10-28(16-29(30)22-63-37(32)18-31(27)40(33)50-42)34-19-47-41(49-34)36-15-26(21-59-5)20-53(36)43(55)39(25(4)60-6)52-46(58)62-8/h10-13,16-19,23-26,35-36,38-39H,9,14-15,20-22H2,1-8H3,(H,47,49)(H,48,50)(H,51,57)(H,52,58)/t24-,25?,26-,35-,36?,38-,39?/m0/s1. The molecule has 8 rings (SSSR count). The predicted octanol–water partition coefficient (Wildman–Crippen LogP) is 6.39. The molecule has 17 heteroatoms. The van der Waals surface area contributed by atoms with Gasteiger partial charge in [0.25, 0.3) is 0 Å². The molecule has 0 spiro atoms. The number of hydrogen-bond donors (Lipinski definition) is 4. The first-order chi connectivity index (χ1) is 30.3. The summed E-state index contributed by atoms with van der Waals surface area (Å²) in [6.07, 6.45) is 1.99. The topological polar surface area (TPSA) is 202 Å². The second kappa shape index (κ2) is 17.9. The fourth-order valence-corrected chi connectivity index (χ4v) is 9.44. The van der Waals surface area contributed by atoms with E-state index in [4.69, 9.17) is 33.7 Å². The number of aromatic amines is 2. The van der Waals surface area contributed by atoms with Crippen molar-refractivity contribution in [2.45, 2.75) is 89.9 Å². The summed E-state index contributed by atoms with van der Waals surface area (Å²) in [4.78, 5) is 72.8. The van der Waals surface area contributed by atoms with Gasteiger partial charge in [-0.1, -0.05) is 32.0 Å². The summed E-state index contributed by atoms with van der Waals surface area (Å²) >= 11 is 0. The Balaban J connectivity index is 1.05. The van der Waals surface area contributed by atoms with Crippen molar-refractivity contribution in [1.29, 1.82) is 0 Å². The van der Waals surface area contributed by atoms with E-state index in [1.165, 1.54) is 21.3 Å². The first-order valence-electron chi connectivity index (χ1n) is 21.4. The number of carbonyl (C=O) groups excluding carboxylic acids is 4. The maximum absolute atomic E-state index is 14.0. The van der Waals surface area contributed by atoms with Gasteiger partial charge in [0.1, 0.15) is 36.1 Å². The van der Waals surface area contributed by atoms with Crippen molar-refractivity contribution in [2.24, 2.45) is 11.8 Å². The Kier molecular flexibility index (Phi) is 12.3. The highest BCUT2D eigenvalue weighted by atomic mass is 16.5. The average molecular weight is 865 g/mol. The number of alkyl carbamates (subject to hydrolysis) is 2. The predicted molar refractivity (Wildman–Crippen MR) is 234 cm³/mol. The first-order valence-corrected chi connectivity index (χ1v) is 21.4. The molecule has 3 unspecified atom stereocenters. The van der Waals surface area contributed by atoms with Crippen molar-refractivity contribution >= 4 is 45.8 Å². The molecular formula is C46H56N8O9. The van der Waals surface area contributed by atoms with E-state index in [0.29, 0.717) is 37.8 Å². The molecule has 3 aliphatic heterocycles. The van der Waals surface area contributed by atoms with Crippen LogP contribution in [-0.4, -0.2) is 120 Å². The number of carbonyl (C=O) groups is 4. The molecule has 17 nitrogen and oxygen atoms in total. The van der Waals surface area contributed by atoms with Gasteiger partial charge < -0.3 is 54.1 Å². The molecule has 2 saturated heterocycles. The van der Waals surface area contributed by atoms with E-state index in [1.54, 1.807) is 25.1 Å². The Labute approximate surface area is 365 Å². The van der Waals surface area contributed by atoms with Gasteiger partial charge in [0.05, 0.1) is 61.9 Å². The molecule has 2 fully saturated rings. The molecule has 3 aliphatic rings. The highest BCUT2D eigenvalue weighted by Gasteiger charge is 2.43. The lowest BCUT2D eigenvalue weighted by atomic mass is 9.92. The van der Waals surface area contributed by atoms with Crippen molar-refractivity contribution in [3.63, 3.8) is 0 Å². The Morgan fingerprint density at radius 3 is 2.35 bits per heavy atom. The second-order valence-corrected chi connectivity index (χ2v) is 17.2. The summed E-state index contributed by atoms with van der Waals surface area (Å²) in [5.74, 6) is 1.57. The second-order valence-electron chi connectivity index (χ2n) is 17.2. The molecular weight excluding hydrogens is 809 g/mol. The van der Waals surface area contributed by atoms with Gasteiger partial charge in [-0.05, 0) is 85.4 Å². The zero-order chi connectivity index (χ0) is 44.7. The summed E-state index contributed by atoms with van der Waals surface area (Å²) < 4.78 is 27.0. The molecule has 0 bridgehead atoms. The summed E-state index contributed by atoms with van der Waals surface area (Å²) in [5.41, 5.74) is 6.43. The number of methoxy groups -OCH3 is 4. The summed E-state index contributed by atoms with van der Waals surface area (Å²) in [6, 6.07) is 12.1. The molecule has 4 N–H and O–H groups in total. The number of fused-ring (bicyclic) bond motifs is 6. The Morgan fingerprint density at radius 2 is 1.63 bits per heavy atom. The molecule has 7 atom stereocenters. The van der Waals surface area contributed by atoms with Crippen molar-refractivity contribution < 1.29 is 42.9 Å². The van der Waals surface area contributed by atoms with Crippen LogP contribution in [0.3, 0.4) is 0 Å². The number of likely N-dealkylation sites (tertiary alicyclic amines) is 2. The highest BCUT2D eigenvalue weighted by Crippen LogP contribution is 2.44. The lowest BCUT2D eigenvalue weighted by molar-refractivity contribution is -0.138. The number of benzene rings is 3. The summed E-state index contributed by atoms with van der Waals surface area (Å²) in [6.45, 7) is 8.82. The van der Waals surface area contributed by atoms with Gasteiger partial charge in [0, 0.05) is 43.7 Å². The number of hydrogen-bond acceptors (Lipinski definition) is 11. The molecule has 4 amide bonds. The molecule has 5 heterocycles. The molecule has 0 aliphatic carbocycles. The van der Waals surface area contributed by atoms with E-state index in [1.807, 2.05) is 31.7 Å². The molecule has 5 aromatic rings. The minimum absolute atomic E-state index is 0.0341. The van der Waals surface area contributed by atoms with Crippen LogP contribution in [0.1, 0.15) is 76.3 Å². The normalized spacial score (nSPS) is 20.8. The Bertz CT molecular complexity index is 2540. The zero-order valence-electron chi connectivity index (χ0n) is 36.9. The van der Waals surface area contributed by atoms with E-state index in [-0.39, 0.29) is 41.8 Å². The van der Waals surface area contributed by atoms with Gasteiger partial charge in [-0.15, -0.1) is 0 Å². The van der Waals surface area contributed by atoms with Crippen molar-refractivity contribution in [2.75, 3.05) is 41.6 Å². The summed E-state index contributed by atoms with van der Waals surface area (Å²) in [5, 5.41) is 7.35. The summed E-state index contributed by atoms with van der Waals surface area (Å²) in [7, 11) is 5.68. The van der Waals surface area contributed by atoms with Gasteiger partial charge in [-0.25, -0.2) is 19.6 Å². The number of nitrogens with zero attached hydrogens (tertiary/aromatic N) is 4. The van der Waals surface area contributed by atoms with Crippen LogP contribution in [0, 0.1) is 11.8 Å². The van der Waals surface area contributed by atoms with Crippen LogP contribution in [0.4, 0.5) is 9.59 Å².